The maximum absolute atomic E-state index is 4.60. The van der Waals surface area contributed by atoms with Gasteiger partial charge in [-0.3, -0.25) is 4.98 Å². The van der Waals surface area contributed by atoms with Crippen LogP contribution in [0.1, 0.15) is 50.1 Å². The van der Waals surface area contributed by atoms with Crippen molar-refractivity contribution in [3.05, 3.63) is 29.3 Å². The van der Waals surface area contributed by atoms with Crippen molar-refractivity contribution in [1.82, 2.24) is 10.3 Å². The molecule has 1 fully saturated rings. The fourth-order valence-electron chi connectivity index (χ4n) is 3.35. The van der Waals surface area contributed by atoms with E-state index in [4.69, 9.17) is 0 Å². The van der Waals surface area contributed by atoms with Crippen molar-refractivity contribution in [3.8, 4) is 0 Å². The SMILES string of the molecule is CNC(c1cnc2ccsc2c1)C1CCCCCC1. The zero-order valence-electron chi connectivity index (χ0n) is 11.6. The molecule has 3 rings (SSSR count). The lowest BCUT2D eigenvalue weighted by molar-refractivity contribution is 0.341. The van der Waals surface area contributed by atoms with Gasteiger partial charge in [-0.15, -0.1) is 11.3 Å². The number of fused-ring (bicyclic) bond motifs is 1. The Morgan fingerprint density at radius 3 is 2.79 bits per heavy atom. The van der Waals surface area contributed by atoms with Crippen LogP contribution in [-0.4, -0.2) is 12.0 Å². The molecule has 1 aliphatic carbocycles. The van der Waals surface area contributed by atoms with Gasteiger partial charge in [0, 0.05) is 12.2 Å². The second-order valence-electron chi connectivity index (χ2n) is 5.59. The van der Waals surface area contributed by atoms with Crippen LogP contribution in [0.15, 0.2) is 23.7 Å². The number of rotatable bonds is 3. The summed E-state index contributed by atoms with van der Waals surface area (Å²) < 4.78 is 1.31. The Balaban J connectivity index is 1.87. The van der Waals surface area contributed by atoms with Crippen LogP contribution in [0, 0.1) is 5.92 Å². The molecule has 1 saturated carbocycles. The van der Waals surface area contributed by atoms with Crippen LogP contribution >= 0.6 is 11.3 Å². The number of hydrogen-bond donors (Lipinski definition) is 1. The Kier molecular flexibility index (Phi) is 4.14. The average Bonchev–Trinajstić information content (AvgIpc) is 2.74. The van der Waals surface area contributed by atoms with Crippen LogP contribution in [0.4, 0.5) is 0 Å². The highest BCUT2D eigenvalue weighted by Gasteiger charge is 2.23. The van der Waals surface area contributed by atoms with Gasteiger partial charge in [0.25, 0.3) is 0 Å². The largest absolute Gasteiger partial charge is 0.313 e. The second kappa shape index (κ2) is 6.02. The number of hydrogen-bond acceptors (Lipinski definition) is 3. The van der Waals surface area contributed by atoms with E-state index in [-0.39, 0.29) is 0 Å². The highest BCUT2D eigenvalue weighted by molar-refractivity contribution is 7.17. The fourth-order valence-corrected chi connectivity index (χ4v) is 4.14. The first-order valence-electron chi connectivity index (χ1n) is 7.39. The van der Waals surface area contributed by atoms with E-state index in [0.29, 0.717) is 6.04 Å². The Hall–Kier alpha value is -0.930. The van der Waals surface area contributed by atoms with Gasteiger partial charge < -0.3 is 5.32 Å². The summed E-state index contributed by atoms with van der Waals surface area (Å²) in [5, 5.41) is 5.66. The van der Waals surface area contributed by atoms with Gasteiger partial charge in [-0.1, -0.05) is 25.7 Å². The van der Waals surface area contributed by atoms with Crippen molar-refractivity contribution >= 4 is 21.6 Å². The molecular formula is C16H22N2S. The summed E-state index contributed by atoms with van der Waals surface area (Å²) in [7, 11) is 2.09. The van der Waals surface area contributed by atoms with Gasteiger partial charge in [-0.2, -0.15) is 0 Å². The van der Waals surface area contributed by atoms with Gasteiger partial charge in [0.15, 0.2) is 0 Å². The van der Waals surface area contributed by atoms with Crippen LogP contribution in [0.25, 0.3) is 10.2 Å². The number of pyridine rings is 1. The molecule has 0 saturated heterocycles. The lowest BCUT2D eigenvalue weighted by Gasteiger charge is -2.26. The van der Waals surface area contributed by atoms with Gasteiger partial charge in [0.1, 0.15) is 0 Å². The van der Waals surface area contributed by atoms with Crippen LogP contribution in [0.2, 0.25) is 0 Å². The normalized spacial score (nSPS) is 19.4. The predicted molar refractivity (Wildman–Crippen MR) is 82.6 cm³/mol. The summed E-state index contributed by atoms with van der Waals surface area (Å²) in [6.07, 6.45) is 10.4. The van der Waals surface area contributed by atoms with Crippen molar-refractivity contribution < 1.29 is 0 Å². The Labute approximate surface area is 119 Å². The molecule has 2 nitrogen and oxygen atoms in total. The maximum atomic E-state index is 4.60. The van der Waals surface area contributed by atoms with Crippen LogP contribution in [-0.2, 0) is 0 Å². The highest BCUT2D eigenvalue weighted by Crippen LogP contribution is 2.34. The lowest BCUT2D eigenvalue weighted by Crippen LogP contribution is -2.25. The van der Waals surface area contributed by atoms with Crippen molar-refractivity contribution in [3.63, 3.8) is 0 Å². The molecule has 1 N–H and O–H groups in total. The van der Waals surface area contributed by atoms with Crippen molar-refractivity contribution in [1.29, 1.82) is 0 Å². The van der Waals surface area contributed by atoms with Gasteiger partial charge in [0.2, 0.25) is 0 Å². The Bertz CT molecular complexity index is 526. The molecule has 102 valence electrons. The molecular weight excluding hydrogens is 252 g/mol. The van der Waals surface area contributed by atoms with Crippen LogP contribution in [0.3, 0.4) is 0 Å². The molecule has 3 heteroatoms. The molecule has 0 aromatic carbocycles. The van der Waals surface area contributed by atoms with E-state index in [9.17, 15) is 0 Å². The number of nitrogens with one attached hydrogen (secondary N) is 1. The molecule has 1 unspecified atom stereocenters. The van der Waals surface area contributed by atoms with Crippen molar-refractivity contribution in [2.75, 3.05) is 7.05 Å². The molecule has 1 atom stereocenters. The molecule has 2 aromatic rings. The van der Waals surface area contributed by atoms with Gasteiger partial charge >= 0.3 is 0 Å². The maximum Gasteiger partial charge on any atom is 0.0809 e. The molecule has 0 spiro atoms. The molecule has 0 bridgehead atoms. The predicted octanol–water partition coefficient (Wildman–Crippen LogP) is 4.53. The summed E-state index contributed by atoms with van der Waals surface area (Å²) in [6, 6.07) is 4.90. The Morgan fingerprint density at radius 1 is 1.26 bits per heavy atom. The quantitative estimate of drug-likeness (QED) is 0.832. The molecule has 1 aliphatic rings. The van der Waals surface area contributed by atoms with E-state index >= 15 is 0 Å². The first-order valence-corrected chi connectivity index (χ1v) is 8.27. The average molecular weight is 274 g/mol. The topological polar surface area (TPSA) is 24.9 Å². The molecule has 0 radical (unpaired) electrons. The van der Waals surface area contributed by atoms with Gasteiger partial charge in [-0.25, -0.2) is 0 Å². The minimum atomic E-state index is 0.470. The smallest absolute Gasteiger partial charge is 0.0809 e. The zero-order chi connectivity index (χ0) is 13.1. The molecule has 19 heavy (non-hydrogen) atoms. The summed E-state index contributed by atoms with van der Waals surface area (Å²) in [6.45, 7) is 0. The lowest BCUT2D eigenvalue weighted by atomic mass is 9.88. The van der Waals surface area contributed by atoms with Crippen LogP contribution in [0.5, 0.6) is 0 Å². The number of thiophene rings is 1. The van der Waals surface area contributed by atoms with E-state index in [1.165, 1.54) is 48.8 Å². The summed E-state index contributed by atoms with van der Waals surface area (Å²) in [5.74, 6) is 0.770. The molecule has 2 aromatic heterocycles. The minimum absolute atomic E-state index is 0.470. The molecule has 2 heterocycles. The van der Waals surface area contributed by atoms with E-state index < -0.39 is 0 Å². The summed E-state index contributed by atoms with van der Waals surface area (Å²) >= 11 is 1.79. The first-order chi connectivity index (χ1) is 9.38. The third-order valence-corrected chi connectivity index (χ3v) is 5.22. The van der Waals surface area contributed by atoms with Crippen LogP contribution < -0.4 is 5.32 Å². The van der Waals surface area contributed by atoms with Gasteiger partial charge in [0.05, 0.1) is 10.2 Å². The van der Waals surface area contributed by atoms with E-state index in [1.807, 2.05) is 0 Å². The molecule has 0 aliphatic heterocycles. The van der Waals surface area contributed by atoms with Gasteiger partial charge in [-0.05, 0) is 48.9 Å². The standard InChI is InChI=1S/C16H22N2S/c1-17-16(12-6-4-2-3-5-7-12)13-10-15-14(18-11-13)8-9-19-15/h8-12,16-17H,2-7H2,1H3. The zero-order valence-corrected chi connectivity index (χ0v) is 12.4. The number of nitrogens with zero attached hydrogens (tertiary/aromatic N) is 1. The monoisotopic (exact) mass is 274 g/mol. The minimum Gasteiger partial charge on any atom is -0.313 e. The van der Waals surface area contributed by atoms with E-state index in [2.05, 4.69) is 41.1 Å². The third kappa shape index (κ3) is 2.82. The second-order valence-corrected chi connectivity index (χ2v) is 6.54. The van der Waals surface area contributed by atoms with Crippen molar-refractivity contribution in [2.45, 2.75) is 44.6 Å². The van der Waals surface area contributed by atoms with E-state index in [1.54, 1.807) is 11.3 Å². The first kappa shape index (κ1) is 13.1. The third-order valence-electron chi connectivity index (χ3n) is 4.37. The summed E-state index contributed by atoms with van der Waals surface area (Å²) in [5.41, 5.74) is 2.49. The number of aromatic nitrogens is 1. The fraction of sp³-hybridized carbons (Fsp3) is 0.562. The van der Waals surface area contributed by atoms with Crippen molar-refractivity contribution in [2.24, 2.45) is 5.92 Å². The highest BCUT2D eigenvalue weighted by atomic mass is 32.1. The molecule has 0 amide bonds. The van der Waals surface area contributed by atoms with E-state index in [0.717, 1.165) is 11.4 Å². The summed E-state index contributed by atoms with van der Waals surface area (Å²) in [4.78, 5) is 4.60. The Morgan fingerprint density at radius 2 is 2.05 bits per heavy atom.